The number of hydrogen-bond donors (Lipinski definition) is 2. The van der Waals surface area contributed by atoms with Gasteiger partial charge in [-0.2, -0.15) is 0 Å². The smallest absolute Gasteiger partial charge is 0.265 e. The summed E-state index contributed by atoms with van der Waals surface area (Å²) in [5.74, 6) is 0.266. The number of thiazole rings is 1. The molecule has 5 heteroatoms. The zero-order valence-corrected chi connectivity index (χ0v) is 8.64. The lowest BCUT2D eigenvalue weighted by atomic mass is 10.2. The van der Waals surface area contributed by atoms with E-state index < -0.39 is 0 Å². The molecule has 1 aromatic heterocycles. The van der Waals surface area contributed by atoms with E-state index in [-0.39, 0.29) is 5.91 Å². The molecule has 1 saturated carbocycles. The van der Waals surface area contributed by atoms with Gasteiger partial charge in [-0.3, -0.25) is 4.79 Å². The van der Waals surface area contributed by atoms with Gasteiger partial charge in [0, 0.05) is 6.04 Å². The molecule has 0 aliphatic heterocycles. The summed E-state index contributed by atoms with van der Waals surface area (Å²) in [6.07, 6.45) is 4.60. The van der Waals surface area contributed by atoms with Crippen LogP contribution in [0.25, 0.3) is 0 Å². The van der Waals surface area contributed by atoms with Crippen LogP contribution in [0.15, 0.2) is 5.51 Å². The average Bonchev–Trinajstić information content (AvgIpc) is 2.75. The van der Waals surface area contributed by atoms with Crippen molar-refractivity contribution in [3.63, 3.8) is 0 Å². The van der Waals surface area contributed by atoms with E-state index in [1.54, 1.807) is 5.51 Å². The summed E-state index contributed by atoms with van der Waals surface area (Å²) in [6.45, 7) is 0. The Hall–Kier alpha value is -1.10. The van der Waals surface area contributed by atoms with Crippen LogP contribution in [0.1, 0.15) is 35.4 Å². The molecule has 0 aromatic carbocycles. The zero-order valence-electron chi connectivity index (χ0n) is 7.82. The highest BCUT2D eigenvalue weighted by Crippen LogP contribution is 2.20. The molecule has 1 aliphatic carbocycles. The standard InChI is InChI=1S/C9H13N3OS/c10-8-7(14-5-11-8)9(13)12-6-3-1-2-4-6/h5-6H,1-4,10H2,(H,12,13). The summed E-state index contributed by atoms with van der Waals surface area (Å²) >= 11 is 1.29. The number of aromatic nitrogens is 1. The molecule has 1 fully saturated rings. The van der Waals surface area contributed by atoms with Crippen molar-refractivity contribution in [3.05, 3.63) is 10.4 Å². The Bertz CT molecular complexity index is 331. The van der Waals surface area contributed by atoms with Crippen LogP contribution in [0.5, 0.6) is 0 Å². The van der Waals surface area contributed by atoms with Crippen molar-refractivity contribution >= 4 is 23.1 Å². The van der Waals surface area contributed by atoms with Crippen molar-refractivity contribution in [1.29, 1.82) is 0 Å². The van der Waals surface area contributed by atoms with Gasteiger partial charge in [-0.1, -0.05) is 12.8 Å². The molecule has 0 atom stereocenters. The van der Waals surface area contributed by atoms with E-state index in [0.717, 1.165) is 12.8 Å². The number of nitrogen functional groups attached to an aromatic ring is 1. The molecular formula is C9H13N3OS. The summed E-state index contributed by atoms with van der Waals surface area (Å²) in [7, 11) is 0. The van der Waals surface area contributed by atoms with Crippen molar-refractivity contribution < 1.29 is 4.79 Å². The molecule has 1 aliphatic rings. The third kappa shape index (κ3) is 1.87. The number of nitrogens with two attached hydrogens (primary N) is 1. The monoisotopic (exact) mass is 211 g/mol. The van der Waals surface area contributed by atoms with Crippen LogP contribution < -0.4 is 11.1 Å². The van der Waals surface area contributed by atoms with Crippen LogP contribution in [0.2, 0.25) is 0 Å². The van der Waals surface area contributed by atoms with Crippen molar-refractivity contribution in [1.82, 2.24) is 10.3 Å². The molecule has 0 saturated heterocycles. The van der Waals surface area contributed by atoms with Gasteiger partial charge in [0.25, 0.3) is 5.91 Å². The Labute approximate surface area is 86.5 Å². The predicted molar refractivity (Wildman–Crippen MR) is 56.2 cm³/mol. The van der Waals surface area contributed by atoms with Crippen molar-refractivity contribution in [2.45, 2.75) is 31.7 Å². The van der Waals surface area contributed by atoms with Crippen LogP contribution in [0.4, 0.5) is 5.82 Å². The van der Waals surface area contributed by atoms with Gasteiger partial charge in [-0.25, -0.2) is 4.98 Å². The Morgan fingerprint density at radius 3 is 2.86 bits per heavy atom. The molecule has 76 valence electrons. The molecular weight excluding hydrogens is 198 g/mol. The summed E-state index contributed by atoms with van der Waals surface area (Å²) < 4.78 is 0. The SMILES string of the molecule is Nc1ncsc1C(=O)NC1CCCC1. The van der Waals surface area contributed by atoms with E-state index in [0.29, 0.717) is 16.7 Å². The number of nitrogens with zero attached hydrogens (tertiary/aromatic N) is 1. The lowest BCUT2D eigenvalue weighted by Gasteiger charge is -2.10. The first-order valence-corrected chi connectivity index (χ1v) is 5.65. The summed E-state index contributed by atoms with van der Waals surface area (Å²) in [6, 6.07) is 0.337. The fourth-order valence-electron chi connectivity index (χ4n) is 1.75. The second kappa shape index (κ2) is 3.96. The molecule has 4 nitrogen and oxygen atoms in total. The van der Waals surface area contributed by atoms with Gasteiger partial charge >= 0.3 is 0 Å². The van der Waals surface area contributed by atoms with Gasteiger partial charge in [0.2, 0.25) is 0 Å². The van der Waals surface area contributed by atoms with Crippen molar-refractivity contribution in [2.75, 3.05) is 5.73 Å². The second-order valence-corrected chi connectivity index (χ2v) is 4.38. The number of carbonyl (C=O) groups is 1. The van der Waals surface area contributed by atoms with E-state index in [4.69, 9.17) is 5.73 Å². The molecule has 1 amide bonds. The Kier molecular flexibility index (Phi) is 2.67. The van der Waals surface area contributed by atoms with E-state index in [1.807, 2.05) is 0 Å². The van der Waals surface area contributed by atoms with Gasteiger partial charge in [0.15, 0.2) is 0 Å². The molecule has 1 heterocycles. The van der Waals surface area contributed by atoms with E-state index >= 15 is 0 Å². The fraction of sp³-hybridized carbons (Fsp3) is 0.556. The minimum atomic E-state index is -0.0723. The Morgan fingerprint density at radius 1 is 1.57 bits per heavy atom. The van der Waals surface area contributed by atoms with Crippen LogP contribution in [-0.4, -0.2) is 16.9 Å². The lowest BCUT2D eigenvalue weighted by molar-refractivity contribution is 0.0942. The second-order valence-electron chi connectivity index (χ2n) is 3.52. The fourth-order valence-corrected chi connectivity index (χ4v) is 2.36. The highest BCUT2D eigenvalue weighted by molar-refractivity contribution is 7.12. The van der Waals surface area contributed by atoms with Gasteiger partial charge in [0.1, 0.15) is 10.7 Å². The zero-order chi connectivity index (χ0) is 9.97. The highest BCUT2D eigenvalue weighted by Gasteiger charge is 2.20. The highest BCUT2D eigenvalue weighted by atomic mass is 32.1. The Morgan fingerprint density at radius 2 is 2.29 bits per heavy atom. The largest absolute Gasteiger partial charge is 0.382 e. The maximum absolute atomic E-state index is 11.7. The molecule has 14 heavy (non-hydrogen) atoms. The Balaban J connectivity index is 1.98. The molecule has 0 spiro atoms. The number of rotatable bonds is 2. The quantitative estimate of drug-likeness (QED) is 0.777. The number of nitrogens with one attached hydrogen (secondary N) is 1. The number of amides is 1. The molecule has 0 bridgehead atoms. The van der Waals surface area contributed by atoms with E-state index in [9.17, 15) is 4.79 Å². The van der Waals surface area contributed by atoms with Crippen LogP contribution in [-0.2, 0) is 0 Å². The van der Waals surface area contributed by atoms with E-state index in [1.165, 1.54) is 24.2 Å². The first-order chi connectivity index (χ1) is 6.77. The molecule has 2 rings (SSSR count). The third-order valence-corrected chi connectivity index (χ3v) is 3.33. The first-order valence-electron chi connectivity index (χ1n) is 4.77. The van der Waals surface area contributed by atoms with Crippen LogP contribution in [0, 0.1) is 0 Å². The van der Waals surface area contributed by atoms with Gasteiger partial charge in [0.05, 0.1) is 5.51 Å². The minimum Gasteiger partial charge on any atom is -0.382 e. The van der Waals surface area contributed by atoms with Crippen LogP contribution in [0.3, 0.4) is 0 Å². The van der Waals surface area contributed by atoms with Gasteiger partial charge < -0.3 is 11.1 Å². The number of hydrogen-bond acceptors (Lipinski definition) is 4. The number of anilines is 1. The first kappa shape index (κ1) is 9.45. The molecule has 0 unspecified atom stereocenters. The van der Waals surface area contributed by atoms with E-state index in [2.05, 4.69) is 10.3 Å². The topological polar surface area (TPSA) is 68.0 Å². The molecule has 1 aromatic rings. The van der Waals surface area contributed by atoms with Gasteiger partial charge in [-0.15, -0.1) is 11.3 Å². The summed E-state index contributed by atoms with van der Waals surface area (Å²) in [5.41, 5.74) is 7.15. The maximum atomic E-state index is 11.7. The van der Waals surface area contributed by atoms with Crippen molar-refractivity contribution in [3.8, 4) is 0 Å². The van der Waals surface area contributed by atoms with Crippen molar-refractivity contribution in [2.24, 2.45) is 0 Å². The summed E-state index contributed by atoms with van der Waals surface area (Å²) in [5, 5.41) is 2.97. The normalized spacial score (nSPS) is 17.1. The number of carbonyl (C=O) groups excluding carboxylic acids is 1. The third-order valence-electron chi connectivity index (χ3n) is 2.49. The maximum Gasteiger partial charge on any atom is 0.265 e. The minimum absolute atomic E-state index is 0.0723. The van der Waals surface area contributed by atoms with Gasteiger partial charge in [-0.05, 0) is 12.8 Å². The van der Waals surface area contributed by atoms with Crippen LogP contribution >= 0.6 is 11.3 Å². The average molecular weight is 211 g/mol. The lowest BCUT2D eigenvalue weighted by Crippen LogP contribution is -2.32. The summed E-state index contributed by atoms with van der Waals surface area (Å²) in [4.78, 5) is 16.0. The predicted octanol–water partition coefficient (Wildman–Crippen LogP) is 1.40. The molecule has 0 radical (unpaired) electrons. The molecule has 3 N–H and O–H groups in total.